The van der Waals surface area contributed by atoms with E-state index in [1.54, 1.807) is 18.5 Å². The number of anilines is 2. The second-order valence-corrected chi connectivity index (χ2v) is 9.88. The number of hydrogen-bond donors (Lipinski definition) is 4. The molecule has 11 nitrogen and oxygen atoms in total. The van der Waals surface area contributed by atoms with Gasteiger partial charge < -0.3 is 40.6 Å². The van der Waals surface area contributed by atoms with Gasteiger partial charge in [-0.1, -0.05) is 0 Å². The Morgan fingerprint density at radius 3 is 1.64 bits per heavy atom. The summed E-state index contributed by atoms with van der Waals surface area (Å²) in [5.41, 5.74) is 0.0752. The van der Waals surface area contributed by atoms with Crippen LogP contribution in [0.15, 0.2) is 30.6 Å². The standard InChI is InChI=1S/C25H29N5O6/c1-29(2,35)11-9-27-22-14-7-8-26-13-15(14)23(28-10-12-30(3,4)36)21-20(22)24(33)18-16(31)5-6-17(32)19(18)25(21)34/h5-8,13,27-28,31-32H,9-12H2,1-4H3. The molecule has 0 radical (unpaired) electrons. The van der Waals surface area contributed by atoms with E-state index in [1.165, 1.54) is 28.2 Å². The summed E-state index contributed by atoms with van der Waals surface area (Å²) in [6, 6.07) is 4.00. The number of phenolic OH excluding ortho intramolecular Hbond substituents is 2. The van der Waals surface area contributed by atoms with Crippen LogP contribution in [0.5, 0.6) is 11.5 Å². The van der Waals surface area contributed by atoms with Crippen LogP contribution in [0, 0.1) is 10.4 Å². The van der Waals surface area contributed by atoms with E-state index in [0.29, 0.717) is 22.1 Å². The molecule has 11 heteroatoms. The van der Waals surface area contributed by atoms with Gasteiger partial charge in [-0.05, 0) is 18.2 Å². The number of benzene rings is 2. The van der Waals surface area contributed by atoms with Crippen molar-refractivity contribution in [1.82, 2.24) is 4.98 Å². The number of hydrogen-bond acceptors (Lipinski definition) is 9. The predicted molar refractivity (Wildman–Crippen MR) is 136 cm³/mol. The molecule has 190 valence electrons. The number of nitrogens with zero attached hydrogens (tertiary/aromatic N) is 3. The normalized spacial score (nSPS) is 13.5. The van der Waals surface area contributed by atoms with Gasteiger partial charge in [0.15, 0.2) is 0 Å². The molecule has 0 bridgehead atoms. The van der Waals surface area contributed by atoms with E-state index >= 15 is 0 Å². The van der Waals surface area contributed by atoms with Crippen LogP contribution in [0.3, 0.4) is 0 Å². The molecule has 1 aromatic heterocycles. The molecule has 3 aromatic rings. The fraction of sp³-hybridized carbons (Fsp3) is 0.320. The molecular weight excluding hydrogens is 466 g/mol. The largest absolute Gasteiger partial charge is 0.633 e. The molecule has 0 aliphatic heterocycles. The van der Waals surface area contributed by atoms with Gasteiger partial charge >= 0.3 is 0 Å². The van der Waals surface area contributed by atoms with Gasteiger partial charge in [-0.2, -0.15) is 0 Å². The first kappa shape index (κ1) is 25.3. The minimum atomic E-state index is -0.653. The number of carbonyl (C=O) groups is 2. The number of pyridine rings is 1. The maximum Gasteiger partial charge on any atom is 0.200 e. The van der Waals surface area contributed by atoms with E-state index in [4.69, 9.17) is 0 Å². The third-order valence-electron chi connectivity index (χ3n) is 6.08. The zero-order valence-corrected chi connectivity index (χ0v) is 20.6. The molecule has 4 N–H and O–H groups in total. The maximum atomic E-state index is 13.8. The van der Waals surface area contributed by atoms with Gasteiger partial charge in [0.1, 0.15) is 11.5 Å². The highest BCUT2D eigenvalue weighted by atomic mass is 16.5. The zero-order valence-electron chi connectivity index (χ0n) is 20.6. The quantitative estimate of drug-likeness (QED) is 0.125. The summed E-state index contributed by atoms with van der Waals surface area (Å²) in [5.74, 6) is -2.15. The SMILES string of the molecule is C[N+](C)([O-])CCNc1c2c(c(NCC[N+](C)(C)[O-])c3cnccc13)C(=O)c1c(O)ccc(O)c1C2=O. The number of aromatic hydroxyl groups is 2. The number of quaternary nitrogens is 2. The van der Waals surface area contributed by atoms with Crippen molar-refractivity contribution in [2.24, 2.45) is 0 Å². The highest BCUT2D eigenvalue weighted by molar-refractivity contribution is 6.36. The second-order valence-electron chi connectivity index (χ2n) is 9.88. The Labute approximate surface area is 207 Å². The second kappa shape index (κ2) is 9.03. The third kappa shape index (κ3) is 4.69. The topological polar surface area (TPSA) is 158 Å². The van der Waals surface area contributed by atoms with Crippen molar-refractivity contribution in [2.75, 3.05) is 65.0 Å². The number of rotatable bonds is 8. The lowest BCUT2D eigenvalue weighted by molar-refractivity contribution is -0.838. The number of nitrogens with one attached hydrogen (secondary N) is 2. The minimum absolute atomic E-state index is 0.00322. The lowest BCUT2D eigenvalue weighted by Gasteiger charge is -2.35. The summed E-state index contributed by atoms with van der Waals surface area (Å²) in [6.07, 6.45) is 3.09. The highest BCUT2D eigenvalue weighted by Gasteiger charge is 2.39. The predicted octanol–water partition coefficient (Wildman–Crippen LogP) is 2.39. The first-order valence-electron chi connectivity index (χ1n) is 11.4. The Balaban J connectivity index is 1.98. The van der Waals surface area contributed by atoms with E-state index in [1.807, 2.05) is 0 Å². The van der Waals surface area contributed by atoms with Gasteiger partial charge in [-0.25, -0.2) is 0 Å². The number of phenols is 2. The molecule has 0 amide bonds. The van der Waals surface area contributed by atoms with Crippen molar-refractivity contribution in [2.45, 2.75) is 0 Å². The van der Waals surface area contributed by atoms with Gasteiger partial charge in [-0.15, -0.1) is 0 Å². The Morgan fingerprint density at radius 1 is 0.750 bits per heavy atom. The number of likely N-dealkylation sites (N-methyl/N-ethyl adjacent to an activating group) is 2. The monoisotopic (exact) mass is 495 g/mol. The van der Waals surface area contributed by atoms with Crippen LogP contribution >= 0.6 is 0 Å². The smallest absolute Gasteiger partial charge is 0.200 e. The van der Waals surface area contributed by atoms with E-state index in [-0.39, 0.29) is 48.4 Å². The molecule has 0 atom stereocenters. The Hall–Kier alpha value is -3.77. The molecule has 0 spiro atoms. The van der Waals surface area contributed by atoms with Crippen molar-refractivity contribution in [3.05, 3.63) is 63.3 Å². The fourth-order valence-electron chi connectivity index (χ4n) is 4.34. The van der Waals surface area contributed by atoms with Crippen LogP contribution in [-0.4, -0.2) is 90.4 Å². The summed E-state index contributed by atoms with van der Waals surface area (Å²) in [7, 11) is 5.97. The molecule has 0 saturated heterocycles. The summed E-state index contributed by atoms with van der Waals surface area (Å²) < 4.78 is -1.14. The van der Waals surface area contributed by atoms with Gasteiger partial charge in [0, 0.05) is 23.2 Å². The molecule has 2 aromatic carbocycles. The first-order valence-corrected chi connectivity index (χ1v) is 11.4. The Kier molecular flexibility index (Phi) is 6.35. The third-order valence-corrected chi connectivity index (χ3v) is 6.08. The number of aromatic nitrogens is 1. The van der Waals surface area contributed by atoms with Gasteiger partial charge in [0.2, 0.25) is 11.6 Å². The van der Waals surface area contributed by atoms with Gasteiger partial charge in [0.05, 0.1) is 88.0 Å². The van der Waals surface area contributed by atoms with Crippen LogP contribution < -0.4 is 10.6 Å². The lowest BCUT2D eigenvalue weighted by Crippen LogP contribution is -2.37. The summed E-state index contributed by atoms with van der Waals surface area (Å²) in [4.78, 5) is 31.8. The Bertz CT molecular complexity index is 1270. The number of hydroxylamine groups is 6. The molecular formula is C25H29N5O6. The van der Waals surface area contributed by atoms with Crippen LogP contribution in [0.25, 0.3) is 10.8 Å². The molecule has 1 aliphatic carbocycles. The molecule has 1 heterocycles. The van der Waals surface area contributed by atoms with E-state index in [9.17, 15) is 30.2 Å². The van der Waals surface area contributed by atoms with Crippen molar-refractivity contribution in [1.29, 1.82) is 0 Å². The van der Waals surface area contributed by atoms with Crippen molar-refractivity contribution >= 4 is 33.7 Å². The average molecular weight is 496 g/mol. The molecule has 4 rings (SSSR count). The van der Waals surface area contributed by atoms with Crippen molar-refractivity contribution in [3.63, 3.8) is 0 Å². The summed E-state index contributed by atoms with van der Waals surface area (Å²) in [6.45, 7) is 0.762. The van der Waals surface area contributed by atoms with E-state index in [2.05, 4.69) is 15.6 Å². The van der Waals surface area contributed by atoms with Crippen LogP contribution in [0.2, 0.25) is 0 Å². The van der Waals surface area contributed by atoms with Crippen LogP contribution in [-0.2, 0) is 0 Å². The first-order chi connectivity index (χ1) is 16.8. The summed E-state index contributed by atoms with van der Waals surface area (Å²) in [5, 5.41) is 52.6. The van der Waals surface area contributed by atoms with E-state index < -0.39 is 32.4 Å². The number of carbonyl (C=O) groups excluding carboxylic acids is 2. The average Bonchev–Trinajstić information content (AvgIpc) is 2.78. The molecule has 36 heavy (non-hydrogen) atoms. The zero-order chi connectivity index (χ0) is 26.4. The summed E-state index contributed by atoms with van der Waals surface area (Å²) >= 11 is 0. The van der Waals surface area contributed by atoms with Gasteiger partial charge in [0.25, 0.3) is 0 Å². The molecule has 1 aliphatic rings. The van der Waals surface area contributed by atoms with Crippen LogP contribution in [0.1, 0.15) is 31.8 Å². The van der Waals surface area contributed by atoms with E-state index in [0.717, 1.165) is 12.1 Å². The lowest BCUT2D eigenvalue weighted by atomic mass is 9.79. The molecule has 0 fully saturated rings. The van der Waals surface area contributed by atoms with Crippen molar-refractivity contribution < 1.29 is 29.1 Å². The van der Waals surface area contributed by atoms with Crippen LogP contribution in [0.4, 0.5) is 11.4 Å². The molecule has 0 saturated carbocycles. The fourth-order valence-corrected chi connectivity index (χ4v) is 4.34. The highest BCUT2D eigenvalue weighted by Crippen LogP contribution is 2.46. The molecule has 0 unspecified atom stereocenters. The Morgan fingerprint density at radius 2 is 1.19 bits per heavy atom. The number of fused-ring (bicyclic) bond motifs is 3. The van der Waals surface area contributed by atoms with Crippen molar-refractivity contribution in [3.8, 4) is 11.5 Å². The van der Waals surface area contributed by atoms with Gasteiger partial charge in [-0.3, -0.25) is 14.6 Å². The minimum Gasteiger partial charge on any atom is -0.633 e. The maximum absolute atomic E-state index is 13.8. The number of ketones is 2.